The fourth-order valence-corrected chi connectivity index (χ4v) is 3.98. The molecule has 1 N–H and O–H groups in total. The third-order valence-corrected chi connectivity index (χ3v) is 5.51. The number of nitrogens with zero attached hydrogens (tertiary/aromatic N) is 2. The molecule has 0 aliphatic carbocycles. The highest BCUT2D eigenvalue weighted by atomic mass is 16.5. The van der Waals surface area contributed by atoms with Gasteiger partial charge in [0.05, 0.1) is 5.92 Å². The molecular weight excluding hydrogens is 322 g/mol. The quantitative estimate of drug-likeness (QED) is 0.801. The number of hydrogen-bond donors (Lipinski definition) is 1. The van der Waals surface area contributed by atoms with Gasteiger partial charge in [0.1, 0.15) is 6.10 Å². The number of likely N-dealkylation sites (tertiary alicyclic amines) is 2. The molecule has 3 aliphatic heterocycles. The van der Waals surface area contributed by atoms with E-state index >= 15 is 0 Å². The summed E-state index contributed by atoms with van der Waals surface area (Å²) >= 11 is 0. The Hall–Kier alpha value is -1.63. The number of rotatable bonds is 4. The van der Waals surface area contributed by atoms with Crippen molar-refractivity contribution in [1.82, 2.24) is 15.1 Å². The van der Waals surface area contributed by atoms with E-state index in [-0.39, 0.29) is 41.8 Å². The lowest BCUT2D eigenvalue weighted by molar-refractivity contribution is -0.137. The van der Waals surface area contributed by atoms with Crippen LogP contribution in [0.2, 0.25) is 0 Å². The molecule has 2 atom stereocenters. The maximum absolute atomic E-state index is 12.7. The Morgan fingerprint density at radius 1 is 1.20 bits per heavy atom. The van der Waals surface area contributed by atoms with Gasteiger partial charge in [0.15, 0.2) is 0 Å². The van der Waals surface area contributed by atoms with Crippen LogP contribution < -0.4 is 5.32 Å². The number of piperidine rings is 1. The van der Waals surface area contributed by atoms with Gasteiger partial charge in [-0.25, -0.2) is 0 Å². The van der Waals surface area contributed by atoms with E-state index in [1.54, 1.807) is 4.90 Å². The predicted molar refractivity (Wildman–Crippen MR) is 91.7 cm³/mol. The molecule has 0 aromatic rings. The van der Waals surface area contributed by atoms with Crippen LogP contribution in [0.15, 0.2) is 0 Å². The minimum absolute atomic E-state index is 0.0174. The van der Waals surface area contributed by atoms with Crippen LogP contribution in [0.1, 0.15) is 46.0 Å². The Morgan fingerprint density at radius 3 is 2.48 bits per heavy atom. The largest absolute Gasteiger partial charge is 0.368 e. The van der Waals surface area contributed by atoms with Crippen molar-refractivity contribution in [2.75, 3.05) is 26.2 Å². The van der Waals surface area contributed by atoms with E-state index in [2.05, 4.69) is 5.32 Å². The van der Waals surface area contributed by atoms with Crippen molar-refractivity contribution in [1.29, 1.82) is 0 Å². The minimum Gasteiger partial charge on any atom is -0.368 e. The molecule has 0 aromatic heterocycles. The van der Waals surface area contributed by atoms with E-state index in [0.717, 1.165) is 25.7 Å². The SMILES string of the molecule is CC(C)N1CC(C(=O)N2CCC(NC(=O)C3CCCO3)CC2)CC1=O. The van der Waals surface area contributed by atoms with Crippen LogP contribution in [0.25, 0.3) is 0 Å². The van der Waals surface area contributed by atoms with Gasteiger partial charge in [-0.15, -0.1) is 0 Å². The van der Waals surface area contributed by atoms with Crippen LogP contribution in [0.5, 0.6) is 0 Å². The van der Waals surface area contributed by atoms with E-state index in [9.17, 15) is 14.4 Å². The highest BCUT2D eigenvalue weighted by Gasteiger charge is 2.38. The van der Waals surface area contributed by atoms with Gasteiger partial charge in [-0.3, -0.25) is 14.4 Å². The molecule has 0 radical (unpaired) electrons. The molecule has 7 nitrogen and oxygen atoms in total. The van der Waals surface area contributed by atoms with Crippen LogP contribution in [0, 0.1) is 5.92 Å². The standard InChI is InChI=1S/C18H29N3O4/c1-12(2)21-11-13(10-16(21)22)18(24)20-7-5-14(6-8-20)19-17(23)15-4-3-9-25-15/h12-15H,3-11H2,1-2H3,(H,19,23). The van der Waals surface area contributed by atoms with Crippen LogP contribution in [0.4, 0.5) is 0 Å². The molecule has 3 fully saturated rings. The zero-order valence-electron chi connectivity index (χ0n) is 15.2. The van der Waals surface area contributed by atoms with Crippen molar-refractivity contribution >= 4 is 17.7 Å². The average Bonchev–Trinajstić information content (AvgIpc) is 3.24. The number of nitrogens with one attached hydrogen (secondary N) is 1. The number of carbonyl (C=O) groups is 3. The highest BCUT2D eigenvalue weighted by molar-refractivity contribution is 5.89. The van der Waals surface area contributed by atoms with Crippen LogP contribution in [0.3, 0.4) is 0 Å². The van der Waals surface area contributed by atoms with Crippen molar-refractivity contribution in [3.63, 3.8) is 0 Å². The Kier molecular flexibility index (Phi) is 5.61. The van der Waals surface area contributed by atoms with Crippen molar-refractivity contribution in [3.05, 3.63) is 0 Å². The first-order valence-electron chi connectivity index (χ1n) is 9.46. The second kappa shape index (κ2) is 7.72. The van der Waals surface area contributed by atoms with Crippen molar-refractivity contribution in [3.8, 4) is 0 Å². The second-order valence-corrected chi connectivity index (χ2v) is 7.65. The Morgan fingerprint density at radius 2 is 1.92 bits per heavy atom. The Balaban J connectivity index is 1.45. The Labute approximate surface area is 149 Å². The summed E-state index contributed by atoms with van der Waals surface area (Å²) in [5.41, 5.74) is 0. The van der Waals surface area contributed by atoms with E-state index < -0.39 is 0 Å². The second-order valence-electron chi connectivity index (χ2n) is 7.65. The summed E-state index contributed by atoms with van der Waals surface area (Å²) in [5, 5.41) is 3.05. The maximum atomic E-state index is 12.7. The maximum Gasteiger partial charge on any atom is 0.249 e. The van der Waals surface area contributed by atoms with Crippen molar-refractivity contribution in [2.45, 2.75) is 64.1 Å². The van der Waals surface area contributed by atoms with Crippen LogP contribution in [-0.4, -0.2) is 72.0 Å². The summed E-state index contributed by atoms with van der Waals surface area (Å²) in [7, 11) is 0. The summed E-state index contributed by atoms with van der Waals surface area (Å²) < 4.78 is 5.41. The van der Waals surface area contributed by atoms with Gasteiger partial charge in [0.25, 0.3) is 0 Å². The van der Waals surface area contributed by atoms with Gasteiger partial charge >= 0.3 is 0 Å². The molecule has 3 heterocycles. The molecule has 0 bridgehead atoms. The first kappa shape index (κ1) is 18.2. The van der Waals surface area contributed by atoms with Crippen LogP contribution >= 0.6 is 0 Å². The summed E-state index contributed by atoms with van der Waals surface area (Å²) in [6.07, 6.45) is 3.29. The zero-order chi connectivity index (χ0) is 18.0. The highest BCUT2D eigenvalue weighted by Crippen LogP contribution is 2.24. The first-order valence-corrected chi connectivity index (χ1v) is 9.46. The lowest BCUT2D eigenvalue weighted by atomic mass is 10.0. The summed E-state index contributed by atoms with van der Waals surface area (Å²) in [5.74, 6) is -0.0726. The first-order chi connectivity index (χ1) is 12.0. The number of ether oxygens (including phenoxy) is 1. The molecule has 140 valence electrons. The molecule has 3 saturated heterocycles. The average molecular weight is 351 g/mol. The fourth-order valence-electron chi connectivity index (χ4n) is 3.98. The Bertz CT molecular complexity index is 522. The lowest BCUT2D eigenvalue weighted by Crippen LogP contribution is -2.50. The van der Waals surface area contributed by atoms with E-state index in [4.69, 9.17) is 4.74 Å². The van der Waals surface area contributed by atoms with Crippen molar-refractivity contribution < 1.29 is 19.1 Å². The third-order valence-electron chi connectivity index (χ3n) is 5.51. The smallest absolute Gasteiger partial charge is 0.249 e. The summed E-state index contributed by atoms with van der Waals surface area (Å²) in [4.78, 5) is 40.5. The molecule has 2 unspecified atom stereocenters. The van der Waals surface area contributed by atoms with Crippen molar-refractivity contribution in [2.24, 2.45) is 5.92 Å². The number of hydrogen-bond acceptors (Lipinski definition) is 4. The molecule has 3 aliphatic rings. The molecule has 3 amide bonds. The monoisotopic (exact) mass is 351 g/mol. The summed E-state index contributed by atoms with van der Waals surface area (Å²) in [6, 6.07) is 0.252. The van der Waals surface area contributed by atoms with E-state index in [0.29, 0.717) is 32.7 Å². The van der Waals surface area contributed by atoms with Gasteiger partial charge < -0.3 is 19.9 Å². The number of amides is 3. The predicted octanol–water partition coefficient (Wildman–Crippen LogP) is 0.530. The molecule has 0 aromatic carbocycles. The third kappa shape index (κ3) is 4.14. The van der Waals surface area contributed by atoms with Gasteiger partial charge in [-0.05, 0) is 39.5 Å². The molecular formula is C18H29N3O4. The molecule has 7 heteroatoms. The van der Waals surface area contributed by atoms with E-state index in [1.807, 2.05) is 18.7 Å². The molecule has 0 spiro atoms. The zero-order valence-corrected chi connectivity index (χ0v) is 15.2. The van der Waals surface area contributed by atoms with Crippen LogP contribution in [-0.2, 0) is 19.1 Å². The molecule has 3 rings (SSSR count). The fraction of sp³-hybridized carbons (Fsp3) is 0.833. The molecule has 25 heavy (non-hydrogen) atoms. The normalized spacial score (nSPS) is 28.0. The van der Waals surface area contributed by atoms with Gasteiger partial charge in [0, 0.05) is 44.7 Å². The van der Waals surface area contributed by atoms with Gasteiger partial charge in [-0.2, -0.15) is 0 Å². The lowest BCUT2D eigenvalue weighted by Gasteiger charge is -2.34. The van der Waals surface area contributed by atoms with Gasteiger partial charge in [0.2, 0.25) is 17.7 Å². The number of carbonyl (C=O) groups excluding carboxylic acids is 3. The molecule has 0 saturated carbocycles. The minimum atomic E-state index is -0.300. The van der Waals surface area contributed by atoms with Gasteiger partial charge in [-0.1, -0.05) is 0 Å². The van der Waals surface area contributed by atoms with E-state index in [1.165, 1.54) is 0 Å². The topological polar surface area (TPSA) is 79.0 Å². The summed E-state index contributed by atoms with van der Waals surface area (Å²) in [6.45, 7) is 6.44.